The van der Waals surface area contributed by atoms with Crippen LogP contribution in [-0.2, 0) is 4.74 Å². The third-order valence-electron chi connectivity index (χ3n) is 3.99. The van der Waals surface area contributed by atoms with E-state index in [-0.39, 0.29) is 0 Å². The number of ether oxygens (including phenoxy) is 1. The molecule has 0 spiro atoms. The molecule has 0 aromatic rings. The normalized spacial score (nSPS) is 22.2. The van der Waals surface area contributed by atoms with Gasteiger partial charge in [-0.05, 0) is 38.0 Å². The number of rotatable bonds is 7. The van der Waals surface area contributed by atoms with E-state index in [1.807, 2.05) is 0 Å². The summed E-state index contributed by atoms with van der Waals surface area (Å²) in [5.74, 6) is 1.47. The second-order valence-corrected chi connectivity index (χ2v) is 5.97. The van der Waals surface area contributed by atoms with Gasteiger partial charge in [-0.2, -0.15) is 0 Å². The molecular weight excluding hydrogens is 238 g/mol. The van der Waals surface area contributed by atoms with Crippen LogP contribution in [0.2, 0.25) is 0 Å². The van der Waals surface area contributed by atoms with Crippen molar-refractivity contribution in [3.05, 3.63) is 0 Å². The molecule has 4 heteroatoms. The van der Waals surface area contributed by atoms with Crippen molar-refractivity contribution in [2.75, 3.05) is 19.8 Å². The minimum Gasteiger partial charge on any atom is -0.381 e. The Morgan fingerprint density at radius 3 is 2.53 bits per heavy atom. The summed E-state index contributed by atoms with van der Waals surface area (Å²) in [5.41, 5.74) is 5.93. The average molecular weight is 267 g/mol. The number of nitrogens with two attached hydrogens (primary N) is 1. The standard InChI is InChI=1S/C15H29N3O/c16-15(18-14-6-3-1-2-4-7-14)17-10-5-11-19-12-13-8-9-13/h13-14H,1-12H2,(H3,16,17,18). The largest absolute Gasteiger partial charge is 0.381 e. The van der Waals surface area contributed by atoms with E-state index in [0.717, 1.165) is 32.1 Å². The van der Waals surface area contributed by atoms with Crippen molar-refractivity contribution in [3.8, 4) is 0 Å². The molecule has 0 aromatic heterocycles. The smallest absolute Gasteiger partial charge is 0.188 e. The van der Waals surface area contributed by atoms with Gasteiger partial charge in [0.15, 0.2) is 5.96 Å². The minimum atomic E-state index is 0.539. The number of hydrogen-bond donors (Lipinski definition) is 2. The summed E-state index contributed by atoms with van der Waals surface area (Å²) in [6.07, 6.45) is 11.5. The first kappa shape index (κ1) is 14.6. The molecule has 0 aliphatic heterocycles. The Bertz CT molecular complexity index is 269. The van der Waals surface area contributed by atoms with Crippen molar-refractivity contribution in [1.82, 2.24) is 5.32 Å². The molecule has 0 atom stereocenters. The molecule has 110 valence electrons. The van der Waals surface area contributed by atoms with Crippen LogP contribution in [0.3, 0.4) is 0 Å². The van der Waals surface area contributed by atoms with Crippen LogP contribution in [0, 0.1) is 5.92 Å². The summed E-state index contributed by atoms with van der Waals surface area (Å²) >= 11 is 0. The fraction of sp³-hybridized carbons (Fsp3) is 0.933. The van der Waals surface area contributed by atoms with Gasteiger partial charge in [0.2, 0.25) is 0 Å². The predicted molar refractivity (Wildman–Crippen MR) is 79.3 cm³/mol. The molecule has 2 aliphatic rings. The van der Waals surface area contributed by atoms with Crippen LogP contribution in [0.4, 0.5) is 0 Å². The summed E-state index contributed by atoms with van der Waals surface area (Å²) in [6, 6.07) is 0.539. The number of aliphatic imine (C=N–C) groups is 1. The van der Waals surface area contributed by atoms with Gasteiger partial charge in [0, 0.05) is 25.8 Å². The number of hydrogen-bond acceptors (Lipinski definition) is 2. The van der Waals surface area contributed by atoms with E-state index in [4.69, 9.17) is 10.5 Å². The maximum Gasteiger partial charge on any atom is 0.188 e. The molecule has 0 unspecified atom stereocenters. The lowest BCUT2D eigenvalue weighted by Crippen LogP contribution is -2.39. The van der Waals surface area contributed by atoms with Crippen molar-refractivity contribution in [3.63, 3.8) is 0 Å². The lowest BCUT2D eigenvalue weighted by molar-refractivity contribution is 0.123. The fourth-order valence-corrected chi connectivity index (χ4v) is 2.58. The lowest BCUT2D eigenvalue weighted by Gasteiger charge is -2.16. The van der Waals surface area contributed by atoms with E-state index in [1.54, 1.807) is 0 Å². The maximum atomic E-state index is 5.93. The van der Waals surface area contributed by atoms with E-state index in [2.05, 4.69) is 10.3 Å². The van der Waals surface area contributed by atoms with Crippen molar-refractivity contribution in [2.45, 2.75) is 63.8 Å². The third-order valence-corrected chi connectivity index (χ3v) is 3.99. The number of nitrogens with zero attached hydrogens (tertiary/aromatic N) is 1. The minimum absolute atomic E-state index is 0.539. The fourth-order valence-electron chi connectivity index (χ4n) is 2.58. The Hall–Kier alpha value is -0.770. The first-order valence-corrected chi connectivity index (χ1v) is 7.99. The molecule has 0 heterocycles. The Labute approximate surface area is 117 Å². The number of guanidine groups is 1. The molecule has 2 aliphatic carbocycles. The molecule has 19 heavy (non-hydrogen) atoms. The summed E-state index contributed by atoms with van der Waals surface area (Å²) in [5, 5.41) is 3.36. The quantitative estimate of drug-likeness (QED) is 0.322. The predicted octanol–water partition coefficient (Wildman–Crippen LogP) is 2.43. The average Bonchev–Trinajstić information content (AvgIpc) is 3.21. The van der Waals surface area contributed by atoms with Crippen molar-refractivity contribution < 1.29 is 4.74 Å². The molecular formula is C15H29N3O. The molecule has 4 nitrogen and oxygen atoms in total. The highest BCUT2D eigenvalue weighted by Gasteiger charge is 2.20. The topological polar surface area (TPSA) is 59.6 Å². The zero-order chi connectivity index (χ0) is 13.3. The second-order valence-electron chi connectivity index (χ2n) is 5.97. The van der Waals surface area contributed by atoms with Gasteiger partial charge in [0.05, 0.1) is 0 Å². The van der Waals surface area contributed by atoms with Crippen molar-refractivity contribution >= 4 is 5.96 Å². The van der Waals surface area contributed by atoms with Gasteiger partial charge in [-0.15, -0.1) is 0 Å². The van der Waals surface area contributed by atoms with Gasteiger partial charge in [-0.25, -0.2) is 0 Å². The van der Waals surface area contributed by atoms with E-state index < -0.39 is 0 Å². The molecule has 2 rings (SSSR count). The van der Waals surface area contributed by atoms with Gasteiger partial charge >= 0.3 is 0 Å². The highest BCUT2D eigenvalue weighted by atomic mass is 16.5. The Morgan fingerprint density at radius 1 is 1.11 bits per heavy atom. The Kier molecular flexibility index (Phi) is 6.48. The van der Waals surface area contributed by atoms with E-state index >= 15 is 0 Å². The summed E-state index contributed by atoms with van der Waals surface area (Å²) in [6.45, 7) is 2.53. The summed E-state index contributed by atoms with van der Waals surface area (Å²) in [7, 11) is 0. The zero-order valence-electron chi connectivity index (χ0n) is 12.1. The molecule has 2 fully saturated rings. The van der Waals surface area contributed by atoms with Crippen LogP contribution < -0.4 is 11.1 Å². The van der Waals surface area contributed by atoms with Crippen LogP contribution in [0.5, 0.6) is 0 Å². The molecule has 0 bridgehead atoms. The first-order chi connectivity index (χ1) is 9.34. The third kappa shape index (κ3) is 6.81. The first-order valence-electron chi connectivity index (χ1n) is 7.99. The monoisotopic (exact) mass is 267 g/mol. The molecule has 0 radical (unpaired) electrons. The van der Waals surface area contributed by atoms with Gasteiger partial charge in [-0.3, -0.25) is 4.99 Å². The van der Waals surface area contributed by atoms with Gasteiger partial charge in [0.25, 0.3) is 0 Å². The summed E-state index contributed by atoms with van der Waals surface area (Å²) < 4.78 is 5.58. The second kappa shape index (κ2) is 8.41. The van der Waals surface area contributed by atoms with Crippen LogP contribution in [0.1, 0.15) is 57.8 Å². The Morgan fingerprint density at radius 2 is 1.84 bits per heavy atom. The molecule has 0 aromatic carbocycles. The van der Waals surface area contributed by atoms with Gasteiger partial charge < -0.3 is 15.8 Å². The molecule has 2 saturated carbocycles. The van der Waals surface area contributed by atoms with Crippen molar-refractivity contribution in [1.29, 1.82) is 0 Å². The lowest BCUT2D eigenvalue weighted by atomic mass is 10.1. The highest BCUT2D eigenvalue weighted by molar-refractivity contribution is 5.78. The zero-order valence-corrected chi connectivity index (χ0v) is 12.1. The molecule has 0 amide bonds. The van der Waals surface area contributed by atoms with Crippen LogP contribution in [0.25, 0.3) is 0 Å². The Balaban J connectivity index is 1.50. The van der Waals surface area contributed by atoms with Crippen LogP contribution >= 0.6 is 0 Å². The molecule has 3 N–H and O–H groups in total. The van der Waals surface area contributed by atoms with Crippen molar-refractivity contribution in [2.24, 2.45) is 16.6 Å². The van der Waals surface area contributed by atoms with Gasteiger partial charge in [0.1, 0.15) is 0 Å². The van der Waals surface area contributed by atoms with Crippen LogP contribution in [-0.4, -0.2) is 31.8 Å². The SMILES string of the molecule is NC(=NCCCOCC1CC1)NC1CCCCCC1. The highest BCUT2D eigenvalue weighted by Crippen LogP contribution is 2.28. The van der Waals surface area contributed by atoms with Crippen LogP contribution in [0.15, 0.2) is 4.99 Å². The summed E-state index contributed by atoms with van der Waals surface area (Å²) in [4.78, 5) is 4.38. The van der Waals surface area contributed by atoms with E-state index in [1.165, 1.54) is 51.4 Å². The van der Waals surface area contributed by atoms with Gasteiger partial charge in [-0.1, -0.05) is 25.7 Å². The number of nitrogens with one attached hydrogen (secondary N) is 1. The van der Waals surface area contributed by atoms with E-state index in [0.29, 0.717) is 12.0 Å². The maximum absolute atomic E-state index is 5.93. The van der Waals surface area contributed by atoms with E-state index in [9.17, 15) is 0 Å². The molecule has 0 saturated heterocycles.